The highest BCUT2D eigenvalue weighted by Gasteiger charge is 2.31. The van der Waals surface area contributed by atoms with Crippen LogP contribution in [-0.4, -0.2) is 62.1 Å². The number of hydrogen-bond donors (Lipinski definition) is 0. The highest BCUT2D eigenvalue weighted by Crippen LogP contribution is 2.35. The Morgan fingerprint density at radius 1 is 1.14 bits per heavy atom. The molecular weight excluding hydrogens is 462 g/mol. The average Bonchev–Trinajstić information content (AvgIpc) is 3.09. The van der Waals surface area contributed by atoms with Gasteiger partial charge >= 0.3 is 0 Å². The van der Waals surface area contributed by atoms with Crippen molar-refractivity contribution in [1.82, 2.24) is 9.80 Å². The van der Waals surface area contributed by atoms with E-state index < -0.39 is 0 Å². The zero-order valence-electron chi connectivity index (χ0n) is 23.1. The molecule has 1 fully saturated rings. The first-order valence-electron chi connectivity index (χ1n) is 14.1. The number of hydrogen-bond acceptors (Lipinski definition) is 5. The summed E-state index contributed by atoms with van der Waals surface area (Å²) in [6.45, 7) is 13.1. The summed E-state index contributed by atoms with van der Waals surface area (Å²) in [7, 11) is 2.20. The Bertz CT molecular complexity index is 1120. The number of amides is 1. The van der Waals surface area contributed by atoms with Gasteiger partial charge in [-0.3, -0.25) is 9.69 Å². The van der Waals surface area contributed by atoms with E-state index in [0.29, 0.717) is 31.6 Å². The normalized spacial score (nSPS) is 19.6. The number of ether oxygens (including phenoxy) is 2. The molecule has 2 aromatic rings. The van der Waals surface area contributed by atoms with Crippen molar-refractivity contribution in [1.29, 1.82) is 0 Å². The number of rotatable bonds is 7. The van der Waals surface area contributed by atoms with E-state index in [1.54, 1.807) is 0 Å². The predicted molar refractivity (Wildman–Crippen MR) is 148 cm³/mol. The molecule has 1 saturated heterocycles. The third kappa shape index (κ3) is 5.90. The Hall–Kier alpha value is -2.73. The summed E-state index contributed by atoms with van der Waals surface area (Å²) in [6, 6.07) is 11.0. The second-order valence-electron chi connectivity index (χ2n) is 11.6. The molecule has 6 heteroatoms. The molecule has 1 atom stereocenters. The lowest BCUT2D eigenvalue weighted by Crippen LogP contribution is -2.45. The fourth-order valence-corrected chi connectivity index (χ4v) is 6.27. The second-order valence-corrected chi connectivity index (χ2v) is 11.6. The summed E-state index contributed by atoms with van der Waals surface area (Å²) in [4.78, 5) is 20.9. The molecule has 0 bridgehead atoms. The number of carbonyl (C=O) groups excluding carboxylic acids is 1. The average molecular weight is 506 g/mol. The van der Waals surface area contributed by atoms with Crippen LogP contribution in [0.25, 0.3) is 0 Å². The number of fused-ring (bicyclic) bond motifs is 2. The van der Waals surface area contributed by atoms with Gasteiger partial charge in [0.25, 0.3) is 0 Å². The molecule has 3 heterocycles. The van der Waals surface area contributed by atoms with Crippen molar-refractivity contribution in [2.45, 2.75) is 59.5 Å². The molecule has 3 aliphatic rings. The number of likely N-dealkylation sites (N-methyl/N-ethyl adjacent to an activating group) is 1. The van der Waals surface area contributed by atoms with Crippen molar-refractivity contribution in [2.75, 3.05) is 51.3 Å². The molecule has 3 aliphatic heterocycles. The molecule has 37 heavy (non-hydrogen) atoms. The van der Waals surface area contributed by atoms with E-state index in [0.717, 1.165) is 81.0 Å². The quantitative estimate of drug-likeness (QED) is 0.527. The molecule has 1 unspecified atom stereocenters. The van der Waals surface area contributed by atoms with Crippen molar-refractivity contribution < 1.29 is 14.3 Å². The first-order valence-corrected chi connectivity index (χ1v) is 14.1. The van der Waals surface area contributed by atoms with Gasteiger partial charge in [0.1, 0.15) is 0 Å². The maximum atomic E-state index is 13.9. The van der Waals surface area contributed by atoms with Crippen LogP contribution in [0.5, 0.6) is 11.5 Å². The Morgan fingerprint density at radius 3 is 2.81 bits per heavy atom. The van der Waals surface area contributed by atoms with E-state index in [2.05, 4.69) is 72.9 Å². The van der Waals surface area contributed by atoms with Gasteiger partial charge in [0.05, 0.1) is 19.1 Å². The molecule has 0 aromatic heterocycles. The number of benzene rings is 2. The van der Waals surface area contributed by atoms with Crippen LogP contribution >= 0.6 is 0 Å². The van der Waals surface area contributed by atoms with Crippen LogP contribution in [0.3, 0.4) is 0 Å². The fraction of sp³-hybridized carbons (Fsp3) is 0.581. The summed E-state index contributed by atoms with van der Waals surface area (Å²) in [5.74, 6) is 2.41. The Balaban J connectivity index is 1.30. The molecule has 0 radical (unpaired) electrons. The summed E-state index contributed by atoms with van der Waals surface area (Å²) in [5.41, 5.74) is 6.45. The van der Waals surface area contributed by atoms with Crippen LogP contribution in [0.1, 0.15) is 55.4 Å². The fourth-order valence-electron chi connectivity index (χ4n) is 6.27. The first kappa shape index (κ1) is 25.9. The summed E-state index contributed by atoms with van der Waals surface area (Å²) >= 11 is 0. The van der Waals surface area contributed by atoms with Crippen LogP contribution in [0, 0.1) is 18.8 Å². The monoisotopic (exact) mass is 505 g/mol. The van der Waals surface area contributed by atoms with Gasteiger partial charge in [0.2, 0.25) is 5.91 Å². The number of aryl methyl sites for hydroxylation is 1. The van der Waals surface area contributed by atoms with Gasteiger partial charge in [0, 0.05) is 51.9 Å². The minimum absolute atomic E-state index is 0.0449. The highest BCUT2D eigenvalue weighted by molar-refractivity contribution is 5.79. The first-order chi connectivity index (χ1) is 17.9. The molecule has 200 valence electrons. The zero-order valence-corrected chi connectivity index (χ0v) is 23.1. The lowest BCUT2D eigenvalue weighted by molar-refractivity contribution is -0.138. The number of anilines is 1. The van der Waals surface area contributed by atoms with Gasteiger partial charge in [-0.1, -0.05) is 38.1 Å². The minimum Gasteiger partial charge on any atom is -0.490 e. The second kappa shape index (κ2) is 11.3. The minimum atomic E-state index is 0.0449. The number of likely N-dealkylation sites (tertiary alicyclic amines) is 1. The molecule has 6 nitrogen and oxygen atoms in total. The third-order valence-corrected chi connectivity index (χ3v) is 7.91. The number of para-hydroxylation sites is 1. The van der Waals surface area contributed by atoms with Gasteiger partial charge in [-0.2, -0.15) is 0 Å². The molecule has 0 saturated carbocycles. The van der Waals surface area contributed by atoms with Gasteiger partial charge in [-0.05, 0) is 67.0 Å². The lowest BCUT2D eigenvalue weighted by atomic mass is 9.95. The molecular formula is C31H43N3O3. The van der Waals surface area contributed by atoms with E-state index in [-0.39, 0.29) is 5.92 Å². The van der Waals surface area contributed by atoms with Crippen molar-refractivity contribution in [3.8, 4) is 11.5 Å². The van der Waals surface area contributed by atoms with Crippen molar-refractivity contribution in [3.05, 3.63) is 52.6 Å². The predicted octanol–water partition coefficient (Wildman–Crippen LogP) is 5.05. The van der Waals surface area contributed by atoms with Gasteiger partial charge in [-0.25, -0.2) is 0 Å². The topological polar surface area (TPSA) is 45.3 Å². The maximum Gasteiger partial charge on any atom is 0.227 e. The molecule has 1 amide bonds. The van der Waals surface area contributed by atoms with Crippen molar-refractivity contribution in [3.63, 3.8) is 0 Å². The molecule has 0 aliphatic carbocycles. The highest BCUT2D eigenvalue weighted by atomic mass is 16.5. The van der Waals surface area contributed by atoms with E-state index in [1.807, 2.05) is 0 Å². The summed E-state index contributed by atoms with van der Waals surface area (Å²) in [5, 5.41) is 0. The number of carbonyl (C=O) groups is 1. The summed E-state index contributed by atoms with van der Waals surface area (Å²) in [6.07, 6.45) is 4.06. The van der Waals surface area contributed by atoms with Crippen molar-refractivity contribution >= 4 is 11.6 Å². The maximum absolute atomic E-state index is 13.9. The summed E-state index contributed by atoms with van der Waals surface area (Å²) < 4.78 is 11.9. The molecule has 2 aromatic carbocycles. The Morgan fingerprint density at radius 2 is 1.97 bits per heavy atom. The largest absolute Gasteiger partial charge is 0.490 e. The van der Waals surface area contributed by atoms with Gasteiger partial charge in [-0.15, -0.1) is 0 Å². The number of piperidine rings is 1. The number of nitrogens with zero attached hydrogens (tertiary/aromatic N) is 3. The van der Waals surface area contributed by atoms with Gasteiger partial charge in [0.15, 0.2) is 11.5 Å². The molecule has 0 N–H and O–H groups in total. The smallest absolute Gasteiger partial charge is 0.227 e. The van der Waals surface area contributed by atoms with Crippen LogP contribution in [-0.2, 0) is 24.3 Å². The Kier molecular flexibility index (Phi) is 7.94. The lowest BCUT2D eigenvalue weighted by Gasteiger charge is -2.36. The molecule has 0 spiro atoms. The van der Waals surface area contributed by atoms with Crippen molar-refractivity contribution in [2.24, 2.45) is 11.8 Å². The van der Waals surface area contributed by atoms with Crippen LogP contribution < -0.4 is 14.4 Å². The SMILES string of the molecule is Cc1cc(CN(CC(C)C)C(=O)C2CCCN(Cc3cccc4c3N(C)CC4)C2)cc2c1OCCCO2. The van der Waals surface area contributed by atoms with E-state index in [9.17, 15) is 4.79 Å². The van der Waals surface area contributed by atoms with E-state index in [4.69, 9.17) is 9.47 Å². The third-order valence-electron chi connectivity index (χ3n) is 7.91. The van der Waals surface area contributed by atoms with E-state index >= 15 is 0 Å². The van der Waals surface area contributed by atoms with Gasteiger partial charge < -0.3 is 19.3 Å². The van der Waals surface area contributed by atoms with Crippen LogP contribution in [0.4, 0.5) is 5.69 Å². The van der Waals surface area contributed by atoms with Crippen LogP contribution in [0.15, 0.2) is 30.3 Å². The van der Waals surface area contributed by atoms with Crippen LogP contribution in [0.2, 0.25) is 0 Å². The van der Waals surface area contributed by atoms with E-state index in [1.165, 1.54) is 16.8 Å². The Labute approximate surface area is 222 Å². The zero-order chi connectivity index (χ0) is 25.9. The molecule has 5 rings (SSSR count). The standard InChI is InChI=1S/C31H43N3O3/c1-22(2)18-34(19-24-16-23(3)30-28(17-24)36-14-7-15-37-30)31(35)27-10-6-12-33(21-27)20-26-9-5-8-25-11-13-32(4)29(25)26/h5,8-9,16-17,22,27H,6-7,10-15,18-21H2,1-4H3.